The molecule has 2 fully saturated rings. The Morgan fingerprint density at radius 2 is 1.94 bits per heavy atom. The number of benzene rings is 1. The normalized spacial score (nSPS) is 23.2. The highest BCUT2D eigenvalue weighted by Crippen LogP contribution is 2.36. The van der Waals surface area contributed by atoms with Gasteiger partial charge in [-0.15, -0.1) is 0 Å². The number of aliphatic carboxylic acids is 1. The van der Waals surface area contributed by atoms with Gasteiger partial charge in [0.2, 0.25) is 5.89 Å². The topological polar surface area (TPSA) is 97.9 Å². The van der Waals surface area contributed by atoms with E-state index in [0.29, 0.717) is 23.6 Å². The standard InChI is InChI=1S/C19H25N3O3.C2HF3O2/c1-13-20-19(25-21-13)7-15-11-24-12-16-9-22(10-18(15)16)8-14-3-5-17(23-2)6-4-14;3-2(4,5)1(6)7/h3-6,15-16,18H,7-12H2,1-2H3;(H,6,7)/t15-,16-,18+;/m1./s1. The van der Waals surface area contributed by atoms with Gasteiger partial charge in [0.25, 0.3) is 0 Å². The summed E-state index contributed by atoms with van der Waals surface area (Å²) in [5.74, 6) is 1.28. The first kappa shape index (κ1) is 24.0. The highest BCUT2D eigenvalue weighted by Gasteiger charge is 2.41. The number of carbonyl (C=O) groups is 1. The number of likely N-dealkylation sites (tertiary alicyclic amines) is 1. The van der Waals surface area contributed by atoms with Gasteiger partial charge in [0.05, 0.1) is 20.3 Å². The second-order valence-electron chi connectivity index (χ2n) is 8.01. The van der Waals surface area contributed by atoms with Crippen molar-refractivity contribution in [3.63, 3.8) is 0 Å². The molecular weight excluding hydrogens is 431 g/mol. The van der Waals surface area contributed by atoms with Crippen molar-refractivity contribution in [3.8, 4) is 5.75 Å². The Morgan fingerprint density at radius 3 is 2.50 bits per heavy atom. The first-order valence-corrected chi connectivity index (χ1v) is 10.2. The van der Waals surface area contributed by atoms with Crippen LogP contribution in [0.15, 0.2) is 28.8 Å². The fraction of sp³-hybridized carbons (Fsp3) is 0.571. The summed E-state index contributed by atoms with van der Waals surface area (Å²) in [6.45, 7) is 6.69. The Bertz CT molecular complexity index is 888. The van der Waals surface area contributed by atoms with Crippen molar-refractivity contribution < 1.29 is 37.1 Å². The van der Waals surface area contributed by atoms with Crippen LogP contribution in [0.5, 0.6) is 5.75 Å². The average Bonchev–Trinajstić information content (AvgIpc) is 3.34. The van der Waals surface area contributed by atoms with Crippen molar-refractivity contribution in [1.29, 1.82) is 0 Å². The minimum atomic E-state index is -5.08. The van der Waals surface area contributed by atoms with E-state index in [4.69, 9.17) is 23.9 Å². The number of methoxy groups -OCH3 is 1. The van der Waals surface area contributed by atoms with Crippen LogP contribution in [-0.4, -0.2) is 65.7 Å². The van der Waals surface area contributed by atoms with Gasteiger partial charge >= 0.3 is 12.1 Å². The number of carboxylic acids is 1. The molecule has 0 saturated carbocycles. The van der Waals surface area contributed by atoms with E-state index in [1.165, 1.54) is 5.56 Å². The summed E-state index contributed by atoms with van der Waals surface area (Å²) in [5, 5.41) is 11.0. The summed E-state index contributed by atoms with van der Waals surface area (Å²) in [4.78, 5) is 15.8. The summed E-state index contributed by atoms with van der Waals surface area (Å²) in [5.41, 5.74) is 1.32. The quantitative estimate of drug-likeness (QED) is 0.732. The minimum absolute atomic E-state index is 0.458. The first-order valence-electron chi connectivity index (χ1n) is 10.2. The van der Waals surface area contributed by atoms with Gasteiger partial charge in [-0.3, -0.25) is 4.90 Å². The van der Waals surface area contributed by atoms with E-state index in [9.17, 15) is 13.2 Å². The Hall–Kier alpha value is -2.66. The van der Waals surface area contributed by atoms with E-state index in [1.807, 2.05) is 19.1 Å². The van der Waals surface area contributed by atoms with Gasteiger partial charge in [-0.25, -0.2) is 4.79 Å². The predicted molar refractivity (Wildman–Crippen MR) is 106 cm³/mol. The third-order valence-electron chi connectivity index (χ3n) is 5.65. The molecule has 2 aliphatic heterocycles. The van der Waals surface area contributed by atoms with Crippen LogP contribution in [-0.2, 0) is 22.5 Å². The minimum Gasteiger partial charge on any atom is -0.497 e. The fourth-order valence-corrected chi connectivity index (χ4v) is 4.17. The number of nitrogens with zero attached hydrogens (tertiary/aromatic N) is 3. The number of aromatic nitrogens is 2. The molecule has 32 heavy (non-hydrogen) atoms. The van der Waals surface area contributed by atoms with E-state index in [0.717, 1.165) is 50.9 Å². The van der Waals surface area contributed by atoms with E-state index >= 15 is 0 Å². The zero-order chi connectivity index (χ0) is 23.3. The number of rotatable bonds is 5. The maximum absolute atomic E-state index is 10.6. The molecule has 0 aliphatic carbocycles. The number of ether oxygens (including phenoxy) is 2. The SMILES string of the molecule is COc1ccc(CN2C[C@@H]3COC[C@@H](Cc4nc(C)no4)[C@@H]3C2)cc1.O=C(O)C(F)(F)F. The monoisotopic (exact) mass is 457 g/mol. The molecule has 11 heteroatoms. The lowest BCUT2D eigenvalue weighted by Gasteiger charge is -2.32. The number of hydrogen-bond acceptors (Lipinski definition) is 7. The smallest absolute Gasteiger partial charge is 0.490 e. The number of carboxylic acid groups (broad SMARTS) is 1. The van der Waals surface area contributed by atoms with E-state index in [2.05, 4.69) is 27.2 Å². The third kappa shape index (κ3) is 6.42. The van der Waals surface area contributed by atoms with Gasteiger partial charge in [-0.05, 0) is 42.4 Å². The van der Waals surface area contributed by atoms with Crippen molar-refractivity contribution in [2.75, 3.05) is 33.4 Å². The molecule has 0 spiro atoms. The lowest BCUT2D eigenvalue weighted by atomic mass is 9.81. The molecule has 8 nitrogen and oxygen atoms in total. The Kier molecular flexibility index (Phi) is 7.73. The molecule has 1 N–H and O–H groups in total. The van der Waals surface area contributed by atoms with Crippen LogP contribution >= 0.6 is 0 Å². The van der Waals surface area contributed by atoms with Gasteiger partial charge < -0.3 is 19.1 Å². The van der Waals surface area contributed by atoms with Crippen LogP contribution < -0.4 is 4.74 Å². The van der Waals surface area contributed by atoms with Gasteiger partial charge in [-0.2, -0.15) is 18.2 Å². The van der Waals surface area contributed by atoms with Gasteiger partial charge in [-0.1, -0.05) is 17.3 Å². The Morgan fingerprint density at radius 1 is 1.25 bits per heavy atom. The molecule has 1 aromatic carbocycles. The molecule has 3 atom stereocenters. The van der Waals surface area contributed by atoms with Crippen LogP contribution in [0.3, 0.4) is 0 Å². The van der Waals surface area contributed by atoms with Gasteiger partial charge in [0.15, 0.2) is 5.82 Å². The zero-order valence-electron chi connectivity index (χ0n) is 17.8. The zero-order valence-corrected chi connectivity index (χ0v) is 17.8. The van der Waals surface area contributed by atoms with E-state index in [1.54, 1.807) is 7.11 Å². The predicted octanol–water partition coefficient (Wildman–Crippen LogP) is 2.96. The van der Waals surface area contributed by atoms with Crippen molar-refractivity contribution in [2.24, 2.45) is 17.8 Å². The number of aryl methyl sites for hydroxylation is 1. The lowest BCUT2D eigenvalue weighted by Crippen LogP contribution is -2.36. The van der Waals surface area contributed by atoms with Crippen LogP contribution in [0.4, 0.5) is 13.2 Å². The van der Waals surface area contributed by atoms with Crippen LogP contribution in [0.2, 0.25) is 0 Å². The molecule has 2 aliphatic rings. The second kappa shape index (κ2) is 10.3. The first-order chi connectivity index (χ1) is 15.2. The van der Waals surface area contributed by atoms with Crippen LogP contribution in [0, 0.1) is 24.7 Å². The van der Waals surface area contributed by atoms with E-state index < -0.39 is 12.1 Å². The van der Waals surface area contributed by atoms with E-state index in [-0.39, 0.29) is 0 Å². The molecule has 0 bridgehead atoms. The number of fused-ring (bicyclic) bond motifs is 1. The third-order valence-corrected chi connectivity index (χ3v) is 5.65. The summed E-state index contributed by atoms with van der Waals surface area (Å²) in [6.07, 6.45) is -4.27. The molecule has 3 heterocycles. The highest BCUT2D eigenvalue weighted by molar-refractivity contribution is 5.73. The van der Waals surface area contributed by atoms with Crippen molar-refractivity contribution in [3.05, 3.63) is 41.5 Å². The van der Waals surface area contributed by atoms with Crippen LogP contribution in [0.25, 0.3) is 0 Å². The fourth-order valence-electron chi connectivity index (χ4n) is 4.17. The second-order valence-corrected chi connectivity index (χ2v) is 8.01. The molecule has 2 saturated heterocycles. The van der Waals surface area contributed by atoms with Crippen LogP contribution in [0.1, 0.15) is 17.3 Å². The molecule has 0 amide bonds. The van der Waals surface area contributed by atoms with Gasteiger partial charge in [0, 0.05) is 26.1 Å². The summed E-state index contributed by atoms with van der Waals surface area (Å²) in [6, 6.07) is 8.36. The largest absolute Gasteiger partial charge is 0.497 e. The molecular formula is C21H26F3N3O5. The summed E-state index contributed by atoms with van der Waals surface area (Å²) < 4.78 is 48.2. The summed E-state index contributed by atoms with van der Waals surface area (Å²) >= 11 is 0. The number of hydrogen-bond donors (Lipinski definition) is 1. The number of alkyl halides is 3. The molecule has 1 aromatic heterocycles. The lowest BCUT2D eigenvalue weighted by molar-refractivity contribution is -0.192. The average molecular weight is 457 g/mol. The Labute approximate surface area is 183 Å². The molecule has 2 aromatic rings. The van der Waals surface area contributed by atoms with Crippen molar-refractivity contribution >= 4 is 5.97 Å². The molecule has 176 valence electrons. The maximum Gasteiger partial charge on any atom is 0.490 e. The maximum atomic E-state index is 10.6. The molecule has 0 radical (unpaired) electrons. The Balaban J connectivity index is 0.000000360. The van der Waals surface area contributed by atoms with Crippen molar-refractivity contribution in [2.45, 2.75) is 26.1 Å². The van der Waals surface area contributed by atoms with Gasteiger partial charge in [0.1, 0.15) is 5.75 Å². The summed E-state index contributed by atoms with van der Waals surface area (Å²) in [7, 11) is 1.70. The molecule has 4 rings (SSSR count). The highest BCUT2D eigenvalue weighted by atomic mass is 19.4. The number of halogens is 3. The van der Waals surface area contributed by atoms with Crippen molar-refractivity contribution in [1.82, 2.24) is 15.0 Å². The molecule has 0 unspecified atom stereocenters.